The van der Waals surface area contributed by atoms with Gasteiger partial charge in [0, 0.05) is 13.6 Å². The van der Waals surface area contributed by atoms with Crippen molar-refractivity contribution >= 4 is 5.91 Å². The van der Waals surface area contributed by atoms with Crippen molar-refractivity contribution in [2.75, 3.05) is 27.2 Å². The molecule has 1 amide bonds. The molecule has 2 rings (SSSR count). The lowest BCUT2D eigenvalue weighted by atomic mass is 10.1. The summed E-state index contributed by atoms with van der Waals surface area (Å²) in [6, 6.07) is 11.1. The number of rotatable bonds is 8. The van der Waals surface area contributed by atoms with Crippen LogP contribution in [0.2, 0.25) is 0 Å². The average Bonchev–Trinajstić information content (AvgIpc) is 2.64. The number of carbonyl (C=O) groups is 1. The molecule has 4 nitrogen and oxygen atoms in total. The first-order chi connectivity index (χ1) is 12.8. The summed E-state index contributed by atoms with van der Waals surface area (Å²) < 4.78 is 32.0. The van der Waals surface area contributed by atoms with Crippen molar-refractivity contribution in [3.05, 3.63) is 65.2 Å². The SMILES string of the molecule is CCOc1ccc(CN(C)CC(=O)N(C)C(C)c2ccc(F)c(F)c2)cc1. The Morgan fingerprint density at radius 1 is 1.07 bits per heavy atom. The van der Waals surface area contributed by atoms with E-state index in [1.54, 1.807) is 18.9 Å². The molecule has 0 aliphatic heterocycles. The van der Waals surface area contributed by atoms with Crippen LogP contribution in [-0.2, 0) is 11.3 Å². The van der Waals surface area contributed by atoms with Gasteiger partial charge in [-0.05, 0) is 56.3 Å². The Kier molecular flexibility index (Phi) is 7.30. The van der Waals surface area contributed by atoms with Gasteiger partial charge in [-0.2, -0.15) is 0 Å². The summed E-state index contributed by atoms with van der Waals surface area (Å²) in [7, 11) is 3.53. The molecule has 2 aromatic carbocycles. The molecular formula is C21H26F2N2O2. The molecule has 27 heavy (non-hydrogen) atoms. The number of hydrogen-bond acceptors (Lipinski definition) is 3. The third kappa shape index (κ3) is 5.76. The van der Waals surface area contributed by atoms with Crippen molar-refractivity contribution in [2.24, 2.45) is 0 Å². The standard InChI is InChI=1S/C21H26F2N2O2/c1-5-27-18-9-6-16(7-10-18)13-24(3)14-21(26)25(4)15(2)17-8-11-19(22)20(23)12-17/h6-12,15H,5,13-14H2,1-4H3. The minimum Gasteiger partial charge on any atom is -0.494 e. The Hall–Kier alpha value is -2.47. The Morgan fingerprint density at radius 2 is 1.74 bits per heavy atom. The number of nitrogens with zero attached hydrogens (tertiary/aromatic N) is 2. The van der Waals surface area contributed by atoms with E-state index in [2.05, 4.69) is 0 Å². The molecule has 0 N–H and O–H groups in total. The molecule has 0 saturated carbocycles. The van der Waals surface area contributed by atoms with E-state index in [0.717, 1.165) is 23.4 Å². The third-order valence-electron chi connectivity index (χ3n) is 4.49. The van der Waals surface area contributed by atoms with Gasteiger partial charge in [0.25, 0.3) is 0 Å². The predicted molar refractivity (Wildman–Crippen MR) is 101 cm³/mol. The maximum atomic E-state index is 13.4. The molecule has 0 saturated heterocycles. The molecule has 2 aromatic rings. The highest BCUT2D eigenvalue weighted by Crippen LogP contribution is 2.21. The fraction of sp³-hybridized carbons (Fsp3) is 0.381. The number of likely N-dealkylation sites (N-methyl/N-ethyl adjacent to an activating group) is 2. The summed E-state index contributed by atoms with van der Waals surface area (Å²) in [4.78, 5) is 16.0. The number of benzene rings is 2. The highest BCUT2D eigenvalue weighted by molar-refractivity contribution is 5.78. The summed E-state index contributed by atoms with van der Waals surface area (Å²) in [5.74, 6) is -1.08. The van der Waals surface area contributed by atoms with Gasteiger partial charge >= 0.3 is 0 Å². The summed E-state index contributed by atoms with van der Waals surface area (Å²) in [6.45, 7) is 5.18. The van der Waals surface area contributed by atoms with Gasteiger partial charge in [-0.25, -0.2) is 8.78 Å². The maximum absolute atomic E-state index is 13.4. The van der Waals surface area contributed by atoms with Crippen LogP contribution in [0.1, 0.15) is 31.0 Å². The summed E-state index contributed by atoms with van der Waals surface area (Å²) in [5, 5.41) is 0. The van der Waals surface area contributed by atoms with E-state index < -0.39 is 11.6 Å². The molecule has 0 fully saturated rings. The van der Waals surface area contributed by atoms with E-state index >= 15 is 0 Å². The lowest BCUT2D eigenvalue weighted by molar-refractivity contribution is -0.132. The largest absolute Gasteiger partial charge is 0.494 e. The number of halogens is 2. The Balaban J connectivity index is 1.93. The number of ether oxygens (including phenoxy) is 1. The number of carbonyl (C=O) groups excluding carboxylic acids is 1. The number of hydrogen-bond donors (Lipinski definition) is 0. The Labute approximate surface area is 159 Å². The molecule has 1 unspecified atom stereocenters. The zero-order chi connectivity index (χ0) is 20.0. The van der Waals surface area contributed by atoms with E-state index in [1.165, 1.54) is 6.07 Å². The van der Waals surface area contributed by atoms with Crippen LogP contribution in [0.4, 0.5) is 8.78 Å². The van der Waals surface area contributed by atoms with Gasteiger partial charge in [0.2, 0.25) is 5.91 Å². The van der Waals surface area contributed by atoms with Crippen molar-refractivity contribution < 1.29 is 18.3 Å². The van der Waals surface area contributed by atoms with E-state index in [4.69, 9.17) is 4.74 Å². The minimum atomic E-state index is -0.909. The molecule has 0 bridgehead atoms. The molecule has 0 radical (unpaired) electrons. The molecule has 146 valence electrons. The van der Waals surface area contributed by atoms with Crippen molar-refractivity contribution in [1.29, 1.82) is 0 Å². The monoisotopic (exact) mass is 376 g/mol. The normalized spacial score (nSPS) is 12.1. The van der Waals surface area contributed by atoms with Crippen molar-refractivity contribution in [1.82, 2.24) is 9.80 Å². The van der Waals surface area contributed by atoms with Gasteiger partial charge in [-0.15, -0.1) is 0 Å². The van der Waals surface area contributed by atoms with Crippen molar-refractivity contribution in [3.8, 4) is 5.75 Å². The van der Waals surface area contributed by atoms with Crippen molar-refractivity contribution in [2.45, 2.75) is 26.4 Å². The van der Waals surface area contributed by atoms with E-state index in [9.17, 15) is 13.6 Å². The van der Waals surface area contributed by atoms with Gasteiger partial charge in [0.15, 0.2) is 11.6 Å². The Morgan fingerprint density at radius 3 is 2.33 bits per heavy atom. The molecule has 1 atom stereocenters. The first kappa shape index (κ1) is 20.8. The molecule has 0 aliphatic carbocycles. The zero-order valence-corrected chi connectivity index (χ0v) is 16.2. The van der Waals surface area contributed by atoms with Crippen LogP contribution in [0.15, 0.2) is 42.5 Å². The van der Waals surface area contributed by atoms with Crippen LogP contribution < -0.4 is 4.74 Å². The molecule has 0 heterocycles. The van der Waals surface area contributed by atoms with Crippen LogP contribution in [0, 0.1) is 11.6 Å². The first-order valence-corrected chi connectivity index (χ1v) is 8.92. The fourth-order valence-electron chi connectivity index (χ4n) is 2.78. The maximum Gasteiger partial charge on any atom is 0.236 e. The molecule has 0 spiro atoms. The lowest BCUT2D eigenvalue weighted by Gasteiger charge is -2.27. The van der Waals surface area contributed by atoms with E-state index in [-0.39, 0.29) is 18.5 Å². The quantitative estimate of drug-likeness (QED) is 0.698. The average molecular weight is 376 g/mol. The second-order valence-corrected chi connectivity index (χ2v) is 6.60. The van der Waals surface area contributed by atoms with Gasteiger partial charge in [-0.3, -0.25) is 9.69 Å². The van der Waals surface area contributed by atoms with Crippen LogP contribution in [0.25, 0.3) is 0 Å². The molecule has 0 aliphatic rings. The van der Waals surface area contributed by atoms with Gasteiger partial charge in [0.1, 0.15) is 5.75 Å². The van der Waals surface area contributed by atoms with Crippen LogP contribution in [0.5, 0.6) is 5.75 Å². The zero-order valence-electron chi connectivity index (χ0n) is 16.2. The fourth-order valence-corrected chi connectivity index (χ4v) is 2.78. The smallest absolute Gasteiger partial charge is 0.236 e. The summed E-state index contributed by atoms with van der Waals surface area (Å²) in [6.07, 6.45) is 0. The number of amides is 1. The highest BCUT2D eigenvalue weighted by Gasteiger charge is 2.20. The third-order valence-corrected chi connectivity index (χ3v) is 4.49. The van der Waals surface area contributed by atoms with Gasteiger partial charge in [0.05, 0.1) is 19.2 Å². The first-order valence-electron chi connectivity index (χ1n) is 8.92. The van der Waals surface area contributed by atoms with Crippen molar-refractivity contribution in [3.63, 3.8) is 0 Å². The van der Waals surface area contributed by atoms with E-state index in [0.29, 0.717) is 18.7 Å². The van der Waals surface area contributed by atoms with Gasteiger partial charge < -0.3 is 9.64 Å². The molecule has 6 heteroatoms. The highest BCUT2D eigenvalue weighted by atomic mass is 19.2. The van der Waals surface area contributed by atoms with Crippen LogP contribution >= 0.6 is 0 Å². The van der Waals surface area contributed by atoms with E-state index in [1.807, 2.05) is 43.1 Å². The summed E-state index contributed by atoms with van der Waals surface area (Å²) in [5.41, 5.74) is 1.63. The Bertz CT molecular complexity index is 765. The van der Waals surface area contributed by atoms with Crippen LogP contribution in [0.3, 0.4) is 0 Å². The predicted octanol–water partition coefficient (Wildman–Crippen LogP) is 4.01. The summed E-state index contributed by atoms with van der Waals surface area (Å²) >= 11 is 0. The topological polar surface area (TPSA) is 32.8 Å². The molecular weight excluding hydrogens is 350 g/mol. The van der Waals surface area contributed by atoms with Crippen LogP contribution in [-0.4, -0.2) is 43.0 Å². The second kappa shape index (κ2) is 9.46. The minimum absolute atomic E-state index is 0.0966. The van der Waals surface area contributed by atoms with Gasteiger partial charge in [-0.1, -0.05) is 18.2 Å². The lowest BCUT2D eigenvalue weighted by Crippen LogP contribution is -2.37. The molecule has 0 aromatic heterocycles. The second-order valence-electron chi connectivity index (χ2n) is 6.60.